The number of aliphatic hydroxyl groups excluding tert-OH is 1. The van der Waals surface area contributed by atoms with Crippen molar-refractivity contribution in [3.8, 4) is 0 Å². The summed E-state index contributed by atoms with van der Waals surface area (Å²) in [5, 5.41) is 8.95. The number of unbranched alkanes of at least 4 members (excludes halogenated alkanes) is 3. The average molecular weight is 404 g/mol. The lowest BCUT2D eigenvalue weighted by Crippen LogP contribution is -2.51. The Hall–Kier alpha value is -1.88. The van der Waals surface area contributed by atoms with Crippen molar-refractivity contribution < 1.29 is 19.4 Å². The number of carbonyl (C=O) groups is 2. The summed E-state index contributed by atoms with van der Waals surface area (Å²) in [7, 11) is 0. The van der Waals surface area contributed by atoms with Crippen LogP contribution >= 0.6 is 0 Å². The highest BCUT2D eigenvalue weighted by Gasteiger charge is 2.41. The van der Waals surface area contributed by atoms with Crippen LogP contribution in [0, 0.1) is 5.92 Å². The number of esters is 1. The first-order chi connectivity index (χ1) is 13.7. The van der Waals surface area contributed by atoms with Crippen LogP contribution in [0.3, 0.4) is 0 Å². The number of aliphatic hydroxyl groups is 1. The van der Waals surface area contributed by atoms with Gasteiger partial charge in [-0.05, 0) is 52.5 Å². The Balaban J connectivity index is 2.13. The summed E-state index contributed by atoms with van der Waals surface area (Å²) in [4.78, 5) is 27.6. The maximum atomic E-state index is 13.2. The molecular formula is C24H37NO4. The van der Waals surface area contributed by atoms with Crippen molar-refractivity contribution in [3.63, 3.8) is 0 Å². The van der Waals surface area contributed by atoms with E-state index in [4.69, 9.17) is 9.84 Å². The van der Waals surface area contributed by atoms with Gasteiger partial charge < -0.3 is 14.7 Å². The van der Waals surface area contributed by atoms with Gasteiger partial charge in [0.25, 0.3) is 0 Å². The summed E-state index contributed by atoms with van der Waals surface area (Å²) in [5.74, 6) is -0.375. The first kappa shape index (κ1) is 23.4. The lowest BCUT2D eigenvalue weighted by atomic mass is 9.77. The second-order valence-electron chi connectivity index (χ2n) is 9.15. The first-order valence-corrected chi connectivity index (χ1v) is 10.9. The lowest BCUT2D eigenvalue weighted by molar-refractivity contribution is -0.160. The standard InChI is InChI=1S/C24H37NO4/c1-18-21(19-12-8-7-9-13-19)16-20(17-22(27)29-24(2,3)4)23(28)25(18)14-10-5-6-11-15-26/h7-9,12-13,18,20-21,26H,5-6,10-11,14-17H2,1-4H3. The smallest absolute Gasteiger partial charge is 0.307 e. The molecule has 1 aromatic rings. The van der Waals surface area contributed by atoms with Crippen LogP contribution < -0.4 is 0 Å². The van der Waals surface area contributed by atoms with Gasteiger partial charge in [-0.1, -0.05) is 43.2 Å². The van der Waals surface area contributed by atoms with E-state index in [1.807, 2.05) is 43.9 Å². The second-order valence-corrected chi connectivity index (χ2v) is 9.15. The van der Waals surface area contributed by atoms with E-state index >= 15 is 0 Å². The third-order valence-electron chi connectivity index (χ3n) is 5.61. The van der Waals surface area contributed by atoms with Gasteiger partial charge in [0.15, 0.2) is 0 Å². The summed E-state index contributed by atoms with van der Waals surface area (Å²) < 4.78 is 5.48. The number of piperidine rings is 1. The maximum absolute atomic E-state index is 13.2. The molecule has 3 atom stereocenters. The molecule has 1 fully saturated rings. The highest BCUT2D eigenvalue weighted by atomic mass is 16.6. The molecule has 0 radical (unpaired) electrons. The van der Waals surface area contributed by atoms with Crippen LogP contribution in [0.1, 0.15) is 77.7 Å². The monoisotopic (exact) mass is 403 g/mol. The fourth-order valence-corrected chi connectivity index (χ4v) is 4.19. The van der Waals surface area contributed by atoms with Crippen molar-refractivity contribution in [2.24, 2.45) is 5.92 Å². The summed E-state index contributed by atoms with van der Waals surface area (Å²) in [6.45, 7) is 8.57. The number of hydrogen-bond donors (Lipinski definition) is 1. The molecule has 0 saturated carbocycles. The number of carbonyl (C=O) groups excluding carboxylic acids is 2. The zero-order chi connectivity index (χ0) is 21.4. The molecule has 1 saturated heterocycles. The Morgan fingerprint density at radius 1 is 1.14 bits per heavy atom. The van der Waals surface area contributed by atoms with Crippen LogP contribution in [0.15, 0.2) is 30.3 Å². The zero-order valence-corrected chi connectivity index (χ0v) is 18.4. The quantitative estimate of drug-likeness (QED) is 0.493. The molecule has 5 nitrogen and oxygen atoms in total. The van der Waals surface area contributed by atoms with Crippen molar-refractivity contribution in [3.05, 3.63) is 35.9 Å². The molecule has 1 aliphatic rings. The highest BCUT2D eigenvalue weighted by Crippen LogP contribution is 2.37. The van der Waals surface area contributed by atoms with Gasteiger partial charge in [-0.2, -0.15) is 0 Å². The van der Waals surface area contributed by atoms with Gasteiger partial charge in [-0.3, -0.25) is 9.59 Å². The van der Waals surface area contributed by atoms with Crippen molar-refractivity contribution in [1.29, 1.82) is 0 Å². The number of ether oxygens (including phenoxy) is 1. The minimum absolute atomic E-state index is 0.0673. The summed E-state index contributed by atoms with van der Waals surface area (Å²) in [6, 6.07) is 10.4. The molecule has 2 rings (SSSR count). The summed E-state index contributed by atoms with van der Waals surface area (Å²) >= 11 is 0. The minimum atomic E-state index is -0.548. The van der Waals surface area contributed by atoms with Crippen LogP contribution in [-0.2, 0) is 14.3 Å². The van der Waals surface area contributed by atoms with E-state index in [1.165, 1.54) is 5.56 Å². The molecule has 3 unspecified atom stereocenters. The molecule has 1 aromatic carbocycles. The molecule has 0 bridgehead atoms. The number of likely N-dealkylation sites (tertiary alicyclic amines) is 1. The van der Waals surface area contributed by atoms with E-state index in [2.05, 4.69) is 19.1 Å². The lowest BCUT2D eigenvalue weighted by Gasteiger charge is -2.43. The molecule has 162 valence electrons. The predicted octanol–water partition coefficient (Wildman–Crippen LogP) is 4.29. The minimum Gasteiger partial charge on any atom is -0.460 e. The fourth-order valence-electron chi connectivity index (χ4n) is 4.19. The largest absolute Gasteiger partial charge is 0.460 e. The van der Waals surface area contributed by atoms with Crippen molar-refractivity contribution >= 4 is 11.9 Å². The number of nitrogens with zero attached hydrogens (tertiary/aromatic N) is 1. The third kappa shape index (κ3) is 7.14. The molecule has 29 heavy (non-hydrogen) atoms. The molecule has 1 amide bonds. The highest BCUT2D eigenvalue weighted by molar-refractivity contribution is 5.85. The van der Waals surface area contributed by atoms with E-state index in [9.17, 15) is 9.59 Å². The van der Waals surface area contributed by atoms with Crippen molar-refractivity contribution in [1.82, 2.24) is 4.90 Å². The molecule has 0 spiro atoms. The Morgan fingerprint density at radius 3 is 2.41 bits per heavy atom. The molecule has 1 heterocycles. The number of benzene rings is 1. The Kier molecular flexibility index (Phi) is 8.69. The Labute approximate surface area is 175 Å². The Bertz CT molecular complexity index is 653. The van der Waals surface area contributed by atoms with Gasteiger partial charge >= 0.3 is 5.97 Å². The molecule has 0 aliphatic carbocycles. The van der Waals surface area contributed by atoms with Gasteiger partial charge in [0.1, 0.15) is 5.60 Å². The van der Waals surface area contributed by atoms with Crippen molar-refractivity contribution in [2.45, 2.75) is 83.8 Å². The predicted molar refractivity (Wildman–Crippen MR) is 114 cm³/mol. The number of rotatable bonds is 9. The summed E-state index contributed by atoms with van der Waals surface area (Å²) in [5.41, 5.74) is 0.666. The fraction of sp³-hybridized carbons (Fsp3) is 0.667. The zero-order valence-electron chi connectivity index (χ0n) is 18.4. The van der Waals surface area contributed by atoms with Gasteiger partial charge in [0.2, 0.25) is 5.91 Å². The SMILES string of the molecule is CC1C(c2ccccc2)CC(CC(=O)OC(C)(C)C)C(=O)N1CCCCCCO. The topological polar surface area (TPSA) is 66.8 Å². The van der Waals surface area contributed by atoms with E-state index in [0.29, 0.717) is 13.0 Å². The molecule has 0 aromatic heterocycles. The summed E-state index contributed by atoms with van der Waals surface area (Å²) in [6.07, 6.45) is 4.48. The van der Waals surface area contributed by atoms with Crippen LogP contribution in [0.25, 0.3) is 0 Å². The van der Waals surface area contributed by atoms with Gasteiger partial charge in [-0.25, -0.2) is 0 Å². The van der Waals surface area contributed by atoms with E-state index in [1.54, 1.807) is 0 Å². The van der Waals surface area contributed by atoms with Crippen LogP contribution in [0.5, 0.6) is 0 Å². The maximum Gasteiger partial charge on any atom is 0.307 e. The molecule has 1 aliphatic heterocycles. The third-order valence-corrected chi connectivity index (χ3v) is 5.61. The van der Waals surface area contributed by atoms with Gasteiger partial charge in [0.05, 0.1) is 6.42 Å². The van der Waals surface area contributed by atoms with Crippen molar-refractivity contribution in [2.75, 3.05) is 13.2 Å². The van der Waals surface area contributed by atoms with Crippen LogP contribution in [0.2, 0.25) is 0 Å². The second kappa shape index (κ2) is 10.8. The molecule has 5 heteroatoms. The van der Waals surface area contributed by atoms with Crippen LogP contribution in [0.4, 0.5) is 0 Å². The first-order valence-electron chi connectivity index (χ1n) is 10.9. The normalized spacial score (nSPS) is 22.6. The van der Waals surface area contributed by atoms with E-state index < -0.39 is 5.60 Å². The van der Waals surface area contributed by atoms with Crippen LogP contribution in [-0.4, -0.2) is 46.7 Å². The number of hydrogen-bond acceptors (Lipinski definition) is 4. The molecule has 1 N–H and O–H groups in total. The van der Waals surface area contributed by atoms with Gasteiger partial charge in [0, 0.05) is 31.0 Å². The van der Waals surface area contributed by atoms with Gasteiger partial charge in [-0.15, -0.1) is 0 Å². The van der Waals surface area contributed by atoms with E-state index in [0.717, 1.165) is 25.7 Å². The number of amides is 1. The molecular weight excluding hydrogens is 366 g/mol. The van der Waals surface area contributed by atoms with E-state index in [-0.39, 0.29) is 42.8 Å². The average Bonchev–Trinajstić information content (AvgIpc) is 2.65. The Morgan fingerprint density at radius 2 is 1.79 bits per heavy atom.